The SMILES string of the molecule is CCCCOc1ccc(C2/C(=C(\O)c3cccc(OC)c3)C(=O)C(=O)N2CCN2CCOCC2)cc1OC. The van der Waals surface area contributed by atoms with E-state index in [1.165, 1.54) is 12.0 Å². The van der Waals surface area contributed by atoms with Gasteiger partial charge in [0.15, 0.2) is 11.5 Å². The van der Waals surface area contributed by atoms with E-state index in [1.807, 2.05) is 6.07 Å². The van der Waals surface area contributed by atoms with E-state index in [0.29, 0.717) is 61.3 Å². The van der Waals surface area contributed by atoms with Crippen LogP contribution in [0, 0.1) is 0 Å². The molecule has 2 aliphatic rings. The van der Waals surface area contributed by atoms with Gasteiger partial charge in [-0.2, -0.15) is 0 Å². The Hall–Kier alpha value is -3.56. The second-order valence-corrected chi connectivity index (χ2v) is 9.29. The van der Waals surface area contributed by atoms with E-state index in [9.17, 15) is 14.7 Å². The Balaban J connectivity index is 1.75. The van der Waals surface area contributed by atoms with Crippen LogP contribution in [-0.4, -0.2) is 86.8 Å². The second kappa shape index (κ2) is 12.8. The van der Waals surface area contributed by atoms with Crippen LogP contribution >= 0.6 is 0 Å². The van der Waals surface area contributed by atoms with Crippen LogP contribution in [-0.2, 0) is 14.3 Å². The molecule has 9 heteroatoms. The monoisotopic (exact) mass is 524 g/mol. The Kier molecular flexibility index (Phi) is 9.25. The molecule has 0 bridgehead atoms. The summed E-state index contributed by atoms with van der Waals surface area (Å²) < 4.78 is 22.2. The van der Waals surface area contributed by atoms with Crippen LogP contribution in [0.5, 0.6) is 17.2 Å². The second-order valence-electron chi connectivity index (χ2n) is 9.29. The number of unbranched alkanes of at least 4 members (excludes halogenated alkanes) is 1. The Labute approximate surface area is 223 Å². The number of aliphatic hydroxyl groups is 1. The number of amides is 1. The fourth-order valence-electron chi connectivity index (χ4n) is 4.76. The molecular weight excluding hydrogens is 488 g/mol. The number of hydrogen-bond acceptors (Lipinski definition) is 8. The van der Waals surface area contributed by atoms with Crippen molar-refractivity contribution in [3.63, 3.8) is 0 Å². The number of ketones is 1. The first-order chi connectivity index (χ1) is 18.5. The Bertz CT molecular complexity index is 1170. The molecule has 0 saturated carbocycles. The maximum absolute atomic E-state index is 13.4. The summed E-state index contributed by atoms with van der Waals surface area (Å²) in [5, 5.41) is 11.4. The summed E-state index contributed by atoms with van der Waals surface area (Å²) in [6, 6.07) is 11.4. The number of nitrogens with zero attached hydrogens (tertiary/aromatic N) is 2. The largest absolute Gasteiger partial charge is 0.507 e. The fourth-order valence-corrected chi connectivity index (χ4v) is 4.76. The van der Waals surface area contributed by atoms with Crippen molar-refractivity contribution < 1.29 is 33.6 Å². The van der Waals surface area contributed by atoms with Crippen LogP contribution in [0.15, 0.2) is 48.0 Å². The zero-order valence-corrected chi connectivity index (χ0v) is 22.3. The molecule has 1 atom stereocenters. The predicted molar refractivity (Wildman–Crippen MR) is 143 cm³/mol. The van der Waals surface area contributed by atoms with Gasteiger partial charge in [0, 0.05) is 31.7 Å². The number of aliphatic hydroxyl groups excluding tert-OH is 1. The van der Waals surface area contributed by atoms with Crippen molar-refractivity contribution in [2.45, 2.75) is 25.8 Å². The topological polar surface area (TPSA) is 97.8 Å². The number of Topliss-reactive ketones (excluding diaryl/α,β-unsaturated/α-hetero) is 1. The van der Waals surface area contributed by atoms with E-state index in [4.69, 9.17) is 18.9 Å². The van der Waals surface area contributed by atoms with Gasteiger partial charge in [-0.05, 0) is 36.2 Å². The number of carbonyl (C=O) groups excluding carboxylic acids is 2. The molecule has 2 aromatic carbocycles. The number of ether oxygens (including phenoxy) is 4. The maximum Gasteiger partial charge on any atom is 0.295 e. The van der Waals surface area contributed by atoms with E-state index in [1.54, 1.807) is 43.5 Å². The van der Waals surface area contributed by atoms with Gasteiger partial charge in [-0.25, -0.2) is 0 Å². The van der Waals surface area contributed by atoms with Gasteiger partial charge in [0.1, 0.15) is 11.5 Å². The molecule has 2 aliphatic heterocycles. The quantitative estimate of drug-likeness (QED) is 0.206. The average Bonchev–Trinajstić information content (AvgIpc) is 3.21. The molecule has 9 nitrogen and oxygen atoms in total. The van der Waals surface area contributed by atoms with Crippen LogP contribution in [0.25, 0.3) is 5.76 Å². The summed E-state index contributed by atoms with van der Waals surface area (Å²) in [6.45, 7) is 6.34. The van der Waals surface area contributed by atoms with Gasteiger partial charge in [-0.15, -0.1) is 0 Å². The number of methoxy groups -OCH3 is 2. The zero-order valence-electron chi connectivity index (χ0n) is 22.3. The fraction of sp³-hybridized carbons (Fsp3) is 0.448. The lowest BCUT2D eigenvalue weighted by Gasteiger charge is -2.31. The van der Waals surface area contributed by atoms with Crippen LogP contribution in [0.4, 0.5) is 0 Å². The Morgan fingerprint density at radius 2 is 1.82 bits per heavy atom. The van der Waals surface area contributed by atoms with Gasteiger partial charge in [-0.1, -0.05) is 31.5 Å². The zero-order chi connectivity index (χ0) is 27.1. The molecule has 4 rings (SSSR count). The molecule has 0 aliphatic carbocycles. The number of morpholine rings is 1. The van der Waals surface area contributed by atoms with Gasteiger partial charge in [0.25, 0.3) is 11.7 Å². The standard InChI is InChI=1S/C29H36N2O7/c1-4-5-15-38-23-10-9-20(19-24(23)36-3)26-25(27(32)21-7-6-8-22(18-21)35-2)28(33)29(34)31(26)12-11-30-13-16-37-17-14-30/h6-10,18-19,26,32H,4-5,11-17H2,1-3H3/b27-25+. The molecule has 2 aromatic rings. The molecule has 204 valence electrons. The van der Waals surface area contributed by atoms with Crippen LogP contribution in [0.3, 0.4) is 0 Å². The summed E-state index contributed by atoms with van der Waals surface area (Å²) in [5.74, 6) is 0.00162. The van der Waals surface area contributed by atoms with E-state index in [0.717, 1.165) is 25.9 Å². The molecule has 38 heavy (non-hydrogen) atoms. The Morgan fingerprint density at radius 3 is 2.53 bits per heavy atom. The number of hydrogen-bond donors (Lipinski definition) is 1. The number of likely N-dealkylation sites (tertiary alicyclic amines) is 1. The number of carbonyl (C=O) groups is 2. The van der Waals surface area contributed by atoms with Gasteiger partial charge >= 0.3 is 0 Å². The van der Waals surface area contributed by atoms with Crippen LogP contribution in [0.2, 0.25) is 0 Å². The van der Waals surface area contributed by atoms with E-state index >= 15 is 0 Å². The van der Waals surface area contributed by atoms with Gasteiger partial charge in [0.05, 0.1) is 45.7 Å². The molecule has 1 unspecified atom stereocenters. The van der Waals surface area contributed by atoms with Crippen LogP contribution in [0.1, 0.15) is 36.9 Å². The third kappa shape index (κ3) is 5.95. The number of benzene rings is 2. The highest BCUT2D eigenvalue weighted by molar-refractivity contribution is 6.46. The highest BCUT2D eigenvalue weighted by Gasteiger charge is 2.46. The summed E-state index contributed by atoms with van der Waals surface area (Å²) >= 11 is 0. The minimum atomic E-state index is -0.791. The van der Waals surface area contributed by atoms with E-state index in [2.05, 4.69) is 11.8 Å². The normalized spacial score (nSPS) is 19.6. The van der Waals surface area contributed by atoms with Gasteiger partial charge in [-0.3, -0.25) is 14.5 Å². The van der Waals surface area contributed by atoms with Gasteiger partial charge in [0.2, 0.25) is 0 Å². The van der Waals surface area contributed by atoms with E-state index in [-0.39, 0.29) is 11.3 Å². The molecular formula is C29H36N2O7. The highest BCUT2D eigenvalue weighted by atomic mass is 16.5. The van der Waals surface area contributed by atoms with Crippen molar-refractivity contribution in [1.29, 1.82) is 0 Å². The third-order valence-corrected chi connectivity index (χ3v) is 6.90. The van der Waals surface area contributed by atoms with Crippen molar-refractivity contribution in [3.05, 3.63) is 59.2 Å². The first-order valence-electron chi connectivity index (χ1n) is 13.0. The minimum absolute atomic E-state index is 0.0342. The summed E-state index contributed by atoms with van der Waals surface area (Å²) in [5.41, 5.74) is 1.08. The van der Waals surface area contributed by atoms with E-state index < -0.39 is 17.7 Å². The first-order valence-corrected chi connectivity index (χ1v) is 13.0. The first kappa shape index (κ1) is 27.5. The van der Waals surface area contributed by atoms with Crippen molar-refractivity contribution in [2.24, 2.45) is 0 Å². The lowest BCUT2D eigenvalue weighted by molar-refractivity contribution is -0.140. The number of rotatable bonds is 11. The van der Waals surface area contributed by atoms with Gasteiger partial charge < -0.3 is 29.0 Å². The average molecular weight is 525 g/mol. The summed E-state index contributed by atoms with van der Waals surface area (Å²) in [6.07, 6.45) is 1.91. The molecule has 0 aromatic heterocycles. The van der Waals surface area contributed by atoms with Crippen molar-refractivity contribution in [3.8, 4) is 17.2 Å². The molecule has 2 fully saturated rings. The van der Waals surface area contributed by atoms with Crippen molar-refractivity contribution in [1.82, 2.24) is 9.80 Å². The predicted octanol–water partition coefficient (Wildman–Crippen LogP) is 3.64. The van der Waals surface area contributed by atoms with Crippen molar-refractivity contribution >= 4 is 17.4 Å². The minimum Gasteiger partial charge on any atom is -0.507 e. The lowest BCUT2D eigenvalue weighted by atomic mass is 9.95. The Morgan fingerprint density at radius 1 is 1.03 bits per heavy atom. The summed E-state index contributed by atoms with van der Waals surface area (Å²) in [4.78, 5) is 30.5. The molecule has 1 amide bonds. The molecule has 1 N–H and O–H groups in total. The molecule has 2 heterocycles. The molecule has 0 spiro atoms. The molecule has 2 saturated heterocycles. The van der Waals surface area contributed by atoms with Crippen molar-refractivity contribution in [2.75, 3.05) is 60.2 Å². The van der Waals surface area contributed by atoms with Crippen LogP contribution < -0.4 is 14.2 Å². The molecule has 0 radical (unpaired) electrons. The smallest absolute Gasteiger partial charge is 0.295 e. The maximum atomic E-state index is 13.4. The lowest BCUT2D eigenvalue weighted by Crippen LogP contribution is -2.42. The third-order valence-electron chi connectivity index (χ3n) is 6.90. The summed E-state index contributed by atoms with van der Waals surface area (Å²) in [7, 11) is 3.08. The highest BCUT2D eigenvalue weighted by Crippen LogP contribution is 2.42.